The van der Waals surface area contributed by atoms with Gasteiger partial charge in [0.25, 0.3) is 0 Å². The van der Waals surface area contributed by atoms with E-state index < -0.39 is 31.9 Å². The van der Waals surface area contributed by atoms with Crippen LogP contribution in [-0.2, 0) is 53.0 Å². The molecule has 0 aliphatic carbocycles. The minimum Gasteiger partial charge on any atom is -0.463 e. The van der Waals surface area contributed by atoms with Crippen LogP contribution in [0.3, 0.4) is 0 Å². The molecule has 1 heterocycles. The summed E-state index contributed by atoms with van der Waals surface area (Å²) < 4.78 is 25.1. The summed E-state index contributed by atoms with van der Waals surface area (Å²) in [6.07, 6.45) is 17.9. The lowest BCUT2D eigenvalue weighted by Gasteiger charge is -2.37. The third kappa shape index (κ3) is 24.1. The first-order valence-electron chi connectivity index (χ1n) is 28.2. The fraction of sp³-hybridized carbons (Fsp3) is 0.574. The van der Waals surface area contributed by atoms with E-state index in [1.54, 1.807) is 0 Å². The second kappa shape index (κ2) is 34.9. The molecule has 0 saturated carbocycles. The molecule has 3 aromatic carbocycles. The zero-order valence-electron chi connectivity index (χ0n) is 46.4. The second-order valence-electron chi connectivity index (χ2n) is 21.6. The van der Waals surface area contributed by atoms with Gasteiger partial charge in [0, 0.05) is 50.9 Å². The summed E-state index contributed by atoms with van der Waals surface area (Å²) in [5.41, 5.74) is 1.53. The maximum Gasteiger partial charge on any atom is 0.305 e. The summed E-state index contributed by atoms with van der Waals surface area (Å²) in [7, 11) is -2.24. The predicted molar refractivity (Wildman–Crippen MR) is 302 cm³/mol. The highest BCUT2D eigenvalue weighted by molar-refractivity contribution is 6.74. The van der Waals surface area contributed by atoms with Crippen LogP contribution in [0.15, 0.2) is 103 Å². The van der Waals surface area contributed by atoms with Gasteiger partial charge >= 0.3 is 11.9 Å². The van der Waals surface area contributed by atoms with Crippen LogP contribution in [0.4, 0.5) is 0 Å². The van der Waals surface area contributed by atoms with Gasteiger partial charge in [-0.15, -0.1) is 0 Å². The van der Waals surface area contributed by atoms with Gasteiger partial charge in [-0.3, -0.25) is 28.8 Å². The molecule has 1 aliphatic rings. The molecule has 0 unspecified atom stereocenters. The Bertz CT molecular complexity index is 2110. The summed E-state index contributed by atoms with van der Waals surface area (Å²) in [6.45, 7) is 11.7. The van der Waals surface area contributed by atoms with Crippen LogP contribution in [-0.4, -0.2) is 95.5 Å². The summed E-state index contributed by atoms with van der Waals surface area (Å²) in [5, 5.41) is 11.6. The monoisotopic (exact) mass is 1070 g/mol. The fourth-order valence-corrected chi connectivity index (χ4v) is 9.79. The standard InChI is InChI=1S/C61H90N4O10Si/c1-60(2,3)76(4,5)75-48-53-46-73-59(71)38-28-15-11-7-9-13-17-30-44-63-55(67)40-39-54(66)62-43-29-16-12-8-6-10-14-27-37-58(70)72-45-52(64-56(68)41-42-57(69)65-53)47-74-61(49-31-21-18-22-32-49,50-33-23-19-24-34-50)51-35-25-20-26-36-51/h18-26,31-36,39-40,52-53H,6-17,27-30,37-38,41-48H2,1-5H3,(H,62,66)(H,63,67)(H,64,68)(H,65,69)/t52-,53-/m1/s1. The van der Waals surface area contributed by atoms with Crippen molar-refractivity contribution in [3.63, 3.8) is 0 Å². The normalized spacial score (nSPS) is 20.1. The van der Waals surface area contributed by atoms with Crippen molar-refractivity contribution in [2.24, 2.45) is 0 Å². The van der Waals surface area contributed by atoms with E-state index in [1.807, 2.05) is 91.0 Å². The first kappa shape index (κ1) is 62.9. The van der Waals surface area contributed by atoms with E-state index in [9.17, 15) is 28.8 Å². The lowest BCUT2D eigenvalue weighted by molar-refractivity contribution is -0.146. The van der Waals surface area contributed by atoms with E-state index in [1.165, 1.54) is 12.2 Å². The van der Waals surface area contributed by atoms with E-state index in [4.69, 9.17) is 18.6 Å². The fourth-order valence-electron chi connectivity index (χ4n) is 8.74. The molecule has 2 atom stereocenters. The first-order valence-corrected chi connectivity index (χ1v) is 31.1. The molecule has 4 rings (SSSR count). The van der Waals surface area contributed by atoms with Crippen LogP contribution < -0.4 is 21.3 Å². The molecule has 418 valence electrons. The van der Waals surface area contributed by atoms with E-state index in [-0.39, 0.29) is 86.8 Å². The Kier molecular flexibility index (Phi) is 28.9. The van der Waals surface area contributed by atoms with Crippen LogP contribution in [0, 0.1) is 0 Å². The maximum atomic E-state index is 13.9. The van der Waals surface area contributed by atoms with Gasteiger partial charge in [0.15, 0.2) is 8.32 Å². The molecule has 15 heteroatoms. The van der Waals surface area contributed by atoms with Crippen molar-refractivity contribution in [2.45, 2.75) is 185 Å². The lowest BCUT2D eigenvalue weighted by atomic mass is 9.80. The number of carbonyl (C=O) groups excluding carboxylic acids is 6. The number of benzene rings is 3. The van der Waals surface area contributed by atoms with E-state index in [2.05, 4.69) is 55.1 Å². The van der Waals surface area contributed by atoms with Gasteiger partial charge in [-0.05, 0) is 60.5 Å². The van der Waals surface area contributed by atoms with Crippen LogP contribution in [0.1, 0.15) is 166 Å². The third-order valence-electron chi connectivity index (χ3n) is 14.3. The quantitative estimate of drug-likeness (QED) is 0.0912. The molecule has 3 aromatic rings. The number of carbonyl (C=O) groups is 6. The molecule has 0 spiro atoms. The topological polar surface area (TPSA) is 187 Å². The Morgan fingerprint density at radius 1 is 0.474 bits per heavy atom. The van der Waals surface area contributed by atoms with Crippen LogP contribution in [0.5, 0.6) is 0 Å². The molecular formula is C61H90N4O10Si. The molecule has 14 nitrogen and oxygen atoms in total. The second-order valence-corrected chi connectivity index (χ2v) is 26.4. The van der Waals surface area contributed by atoms with Gasteiger partial charge in [-0.2, -0.15) is 0 Å². The van der Waals surface area contributed by atoms with Crippen molar-refractivity contribution in [2.75, 3.05) is 39.5 Å². The average Bonchev–Trinajstić information content (AvgIpc) is 3.41. The first-order chi connectivity index (χ1) is 36.6. The number of amides is 4. The van der Waals surface area contributed by atoms with Crippen molar-refractivity contribution in [3.8, 4) is 0 Å². The van der Waals surface area contributed by atoms with Gasteiger partial charge in [0.2, 0.25) is 23.6 Å². The average molecular weight is 1070 g/mol. The Morgan fingerprint density at radius 3 is 1.18 bits per heavy atom. The maximum absolute atomic E-state index is 13.9. The summed E-state index contributed by atoms with van der Waals surface area (Å²) in [6, 6.07) is 28.3. The van der Waals surface area contributed by atoms with E-state index in [0.29, 0.717) is 25.9 Å². The number of hydrogen-bond donors (Lipinski definition) is 4. The molecule has 0 radical (unpaired) electrons. The van der Waals surface area contributed by atoms with Gasteiger partial charge in [0.1, 0.15) is 18.8 Å². The van der Waals surface area contributed by atoms with E-state index >= 15 is 0 Å². The molecule has 4 amide bonds. The van der Waals surface area contributed by atoms with Crippen molar-refractivity contribution in [1.29, 1.82) is 0 Å². The molecular weight excluding hydrogens is 977 g/mol. The van der Waals surface area contributed by atoms with Crippen molar-refractivity contribution < 1.29 is 47.4 Å². The van der Waals surface area contributed by atoms with Gasteiger partial charge < -0.3 is 39.9 Å². The van der Waals surface area contributed by atoms with Crippen LogP contribution >= 0.6 is 0 Å². The highest BCUT2D eigenvalue weighted by Crippen LogP contribution is 2.41. The summed E-state index contributed by atoms with van der Waals surface area (Å²) >= 11 is 0. The van der Waals surface area contributed by atoms with Crippen molar-refractivity contribution in [3.05, 3.63) is 120 Å². The van der Waals surface area contributed by atoms with Gasteiger partial charge in [-0.1, -0.05) is 189 Å². The Morgan fingerprint density at radius 2 is 0.816 bits per heavy atom. The Hall–Kier alpha value is -5.64. The van der Waals surface area contributed by atoms with Crippen LogP contribution in [0.2, 0.25) is 18.1 Å². The van der Waals surface area contributed by atoms with Crippen molar-refractivity contribution >= 4 is 43.9 Å². The Labute approximate surface area is 455 Å². The van der Waals surface area contributed by atoms with Gasteiger partial charge in [-0.25, -0.2) is 0 Å². The molecule has 1 aliphatic heterocycles. The lowest BCUT2D eigenvalue weighted by Crippen LogP contribution is -2.48. The van der Waals surface area contributed by atoms with Crippen LogP contribution in [0.25, 0.3) is 0 Å². The zero-order chi connectivity index (χ0) is 54.9. The molecule has 0 saturated heterocycles. The molecule has 0 aromatic heterocycles. The molecule has 0 fully saturated rings. The molecule has 76 heavy (non-hydrogen) atoms. The minimum absolute atomic E-state index is 0.0374. The SMILES string of the molecule is CC(C)(C)[Si](C)(C)OC[C@H]1COC(=O)CCCCCCCCCCNC(=O)C=CC(=O)NCCCCCCCCCCC(=O)OC[C@H](COC(c2ccccc2)(c2ccccc2)c2ccccc2)NC(=O)CCC(=O)N1. The highest BCUT2D eigenvalue weighted by Gasteiger charge is 2.39. The Balaban J connectivity index is 1.45. The van der Waals surface area contributed by atoms with E-state index in [0.717, 1.165) is 107 Å². The van der Waals surface area contributed by atoms with Crippen molar-refractivity contribution in [1.82, 2.24) is 21.3 Å². The smallest absolute Gasteiger partial charge is 0.305 e. The molecule has 4 N–H and O–H groups in total. The largest absolute Gasteiger partial charge is 0.463 e. The number of nitrogens with one attached hydrogen (secondary N) is 4. The van der Waals surface area contributed by atoms with Gasteiger partial charge in [0.05, 0.1) is 25.3 Å². The third-order valence-corrected chi connectivity index (χ3v) is 18.8. The summed E-state index contributed by atoms with van der Waals surface area (Å²) in [4.78, 5) is 78.1. The number of rotatable bonds is 9. The molecule has 0 bridgehead atoms. The summed E-state index contributed by atoms with van der Waals surface area (Å²) in [5.74, 6) is -2.06. The predicted octanol–water partition coefficient (Wildman–Crippen LogP) is 10.7. The minimum atomic E-state index is -2.24. The highest BCUT2D eigenvalue weighted by atomic mass is 28.4. The zero-order valence-corrected chi connectivity index (χ0v) is 47.4. The number of cyclic esters (lactones) is 2. The number of hydrogen-bond acceptors (Lipinski definition) is 10. The number of esters is 2. The number of ether oxygens (including phenoxy) is 3.